The van der Waals surface area contributed by atoms with Crippen LogP contribution in [0.15, 0.2) is 35.7 Å². The first-order valence-corrected chi connectivity index (χ1v) is 8.18. The van der Waals surface area contributed by atoms with Gasteiger partial charge in [0.1, 0.15) is 6.54 Å². The van der Waals surface area contributed by atoms with Crippen LogP contribution < -0.4 is 5.32 Å². The second-order valence-electron chi connectivity index (χ2n) is 4.13. The predicted molar refractivity (Wildman–Crippen MR) is 87.4 cm³/mol. The summed E-state index contributed by atoms with van der Waals surface area (Å²) in [7, 11) is 0. The molecule has 0 bridgehead atoms. The standard InChI is InChI=1S/C13H12Cl3N3OS/c14-9-5-10(15)13(11(16)6-9)21-4-2-18-12(20)7-19-3-1-17-8-19/h1,3,5-6,8H,2,4,7H2,(H,18,20). The molecule has 0 unspecified atom stereocenters. The van der Waals surface area contributed by atoms with Crippen molar-refractivity contribution >= 4 is 52.5 Å². The number of carbonyl (C=O) groups excluding carboxylic acids is 1. The van der Waals surface area contributed by atoms with Gasteiger partial charge in [-0.1, -0.05) is 34.8 Å². The van der Waals surface area contributed by atoms with Crippen LogP contribution in [0.3, 0.4) is 0 Å². The number of hydrogen-bond acceptors (Lipinski definition) is 3. The van der Waals surface area contributed by atoms with Gasteiger partial charge in [-0.05, 0) is 12.1 Å². The van der Waals surface area contributed by atoms with Crippen molar-refractivity contribution < 1.29 is 4.79 Å². The minimum atomic E-state index is -0.0677. The van der Waals surface area contributed by atoms with Gasteiger partial charge in [0, 0.05) is 34.6 Å². The lowest BCUT2D eigenvalue weighted by Crippen LogP contribution is -2.29. The van der Waals surface area contributed by atoms with E-state index in [1.165, 1.54) is 11.8 Å². The number of amides is 1. The summed E-state index contributed by atoms with van der Waals surface area (Å²) >= 11 is 19.5. The van der Waals surface area contributed by atoms with Crippen molar-refractivity contribution in [3.63, 3.8) is 0 Å². The molecule has 1 aromatic heterocycles. The number of hydrogen-bond donors (Lipinski definition) is 1. The van der Waals surface area contributed by atoms with Crippen molar-refractivity contribution in [2.75, 3.05) is 12.3 Å². The predicted octanol–water partition coefficient (Wildman–Crippen LogP) is 3.75. The van der Waals surface area contributed by atoms with Gasteiger partial charge < -0.3 is 9.88 Å². The number of aromatic nitrogens is 2. The summed E-state index contributed by atoms with van der Waals surface area (Å²) in [6.07, 6.45) is 4.97. The Kier molecular flexibility index (Phi) is 6.23. The van der Waals surface area contributed by atoms with Crippen LogP contribution in [0.25, 0.3) is 0 Å². The molecule has 8 heteroatoms. The smallest absolute Gasteiger partial charge is 0.240 e. The maximum absolute atomic E-state index is 11.7. The maximum atomic E-state index is 11.7. The summed E-state index contributed by atoms with van der Waals surface area (Å²) in [4.78, 5) is 16.3. The molecule has 2 rings (SSSR count). The molecule has 1 heterocycles. The number of benzene rings is 1. The Labute approximate surface area is 141 Å². The molecular weight excluding hydrogens is 353 g/mol. The quantitative estimate of drug-likeness (QED) is 0.627. The number of nitrogens with zero attached hydrogens (tertiary/aromatic N) is 2. The van der Waals surface area contributed by atoms with Crippen molar-refractivity contribution in [3.05, 3.63) is 45.9 Å². The van der Waals surface area contributed by atoms with E-state index >= 15 is 0 Å². The highest BCUT2D eigenvalue weighted by molar-refractivity contribution is 7.99. The third kappa shape index (κ3) is 5.11. The van der Waals surface area contributed by atoms with E-state index in [1.54, 1.807) is 35.4 Å². The maximum Gasteiger partial charge on any atom is 0.240 e. The molecule has 0 fully saturated rings. The molecule has 0 saturated carbocycles. The molecule has 0 saturated heterocycles. The van der Waals surface area contributed by atoms with Crippen LogP contribution in [0.2, 0.25) is 15.1 Å². The molecule has 0 aliphatic rings. The zero-order valence-corrected chi connectivity index (χ0v) is 13.9. The van der Waals surface area contributed by atoms with Gasteiger partial charge >= 0.3 is 0 Å². The number of thioether (sulfide) groups is 1. The first-order chi connectivity index (χ1) is 10.1. The third-order valence-corrected chi connectivity index (χ3v) is 4.69. The number of rotatable bonds is 6. The van der Waals surface area contributed by atoms with Crippen LogP contribution in [-0.2, 0) is 11.3 Å². The van der Waals surface area contributed by atoms with Gasteiger partial charge in [0.15, 0.2) is 0 Å². The Morgan fingerprint density at radius 3 is 2.62 bits per heavy atom. The second kappa shape index (κ2) is 7.94. The van der Waals surface area contributed by atoms with E-state index < -0.39 is 0 Å². The molecule has 4 nitrogen and oxygen atoms in total. The van der Waals surface area contributed by atoms with E-state index in [1.807, 2.05) is 0 Å². The van der Waals surface area contributed by atoms with Gasteiger partial charge in [-0.3, -0.25) is 4.79 Å². The minimum Gasteiger partial charge on any atom is -0.354 e. The molecule has 0 spiro atoms. The van der Waals surface area contributed by atoms with E-state index in [0.717, 1.165) is 4.90 Å². The van der Waals surface area contributed by atoms with Gasteiger partial charge in [0.05, 0.1) is 16.4 Å². The van der Waals surface area contributed by atoms with Crippen LogP contribution >= 0.6 is 46.6 Å². The summed E-state index contributed by atoms with van der Waals surface area (Å²) < 4.78 is 1.70. The zero-order chi connectivity index (χ0) is 15.2. The monoisotopic (exact) mass is 363 g/mol. The first kappa shape index (κ1) is 16.5. The highest BCUT2D eigenvalue weighted by Gasteiger charge is 2.08. The fourth-order valence-electron chi connectivity index (χ4n) is 1.61. The van der Waals surface area contributed by atoms with Crippen molar-refractivity contribution in [2.45, 2.75) is 11.4 Å². The average Bonchev–Trinajstić information content (AvgIpc) is 2.89. The van der Waals surface area contributed by atoms with E-state index in [9.17, 15) is 4.79 Å². The fraction of sp³-hybridized carbons (Fsp3) is 0.231. The number of carbonyl (C=O) groups is 1. The van der Waals surface area contributed by atoms with E-state index in [2.05, 4.69) is 10.3 Å². The Hall–Kier alpha value is -0.880. The molecule has 0 radical (unpaired) electrons. The Balaban J connectivity index is 1.76. The van der Waals surface area contributed by atoms with Crippen LogP contribution in [0.1, 0.15) is 0 Å². The number of nitrogens with one attached hydrogen (secondary N) is 1. The van der Waals surface area contributed by atoms with Crippen molar-refractivity contribution in [3.8, 4) is 0 Å². The SMILES string of the molecule is O=C(Cn1ccnc1)NCCSc1c(Cl)cc(Cl)cc1Cl. The fourth-order valence-corrected chi connectivity index (χ4v) is 3.56. The molecule has 1 aromatic carbocycles. The lowest BCUT2D eigenvalue weighted by molar-refractivity contribution is -0.121. The highest BCUT2D eigenvalue weighted by atomic mass is 35.5. The summed E-state index contributed by atoms with van der Waals surface area (Å²) in [5, 5.41) is 4.36. The Bertz CT molecular complexity index is 596. The largest absolute Gasteiger partial charge is 0.354 e. The lowest BCUT2D eigenvalue weighted by atomic mass is 10.4. The lowest BCUT2D eigenvalue weighted by Gasteiger charge is -2.08. The van der Waals surface area contributed by atoms with E-state index in [0.29, 0.717) is 27.4 Å². The van der Waals surface area contributed by atoms with E-state index in [-0.39, 0.29) is 12.5 Å². The van der Waals surface area contributed by atoms with Gasteiger partial charge in [-0.15, -0.1) is 11.8 Å². The van der Waals surface area contributed by atoms with Crippen molar-refractivity contribution in [1.82, 2.24) is 14.9 Å². The summed E-state index contributed by atoms with van der Waals surface area (Å²) in [5.41, 5.74) is 0. The molecule has 0 aliphatic heterocycles. The summed E-state index contributed by atoms with van der Waals surface area (Å²) in [6.45, 7) is 0.778. The topological polar surface area (TPSA) is 46.9 Å². The van der Waals surface area contributed by atoms with Crippen LogP contribution in [0, 0.1) is 0 Å². The Morgan fingerprint density at radius 1 is 1.29 bits per heavy atom. The molecule has 112 valence electrons. The number of imidazole rings is 1. The molecule has 1 N–H and O–H groups in total. The number of halogens is 3. The molecule has 2 aromatic rings. The van der Waals surface area contributed by atoms with Gasteiger partial charge in [0.25, 0.3) is 0 Å². The molecule has 1 amide bonds. The molecule has 21 heavy (non-hydrogen) atoms. The minimum absolute atomic E-state index is 0.0677. The van der Waals surface area contributed by atoms with Crippen LogP contribution in [0.5, 0.6) is 0 Å². The summed E-state index contributed by atoms with van der Waals surface area (Å²) in [5.74, 6) is 0.596. The second-order valence-corrected chi connectivity index (χ2v) is 6.49. The van der Waals surface area contributed by atoms with Crippen molar-refractivity contribution in [1.29, 1.82) is 0 Å². The Morgan fingerprint density at radius 2 is 2.00 bits per heavy atom. The first-order valence-electron chi connectivity index (χ1n) is 6.06. The van der Waals surface area contributed by atoms with Crippen LogP contribution in [-0.4, -0.2) is 27.8 Å². The third-order valence-electron chi connectivity index (χ3n) is 2.52. The summed E-state index contributed by atoms with van der Waals surface area (Å²) in [6, 6.07) is 3.30. The van der Waals surface area contributed by atoms with Gasteiger partial charge in [-0.25, -0.2) is 4.98 Å². The molecule has 0 aliphatic carbocycles. The molecule has 0 atom stereocenters. The van der Waals surface area contributed by atoms with Gasteiger partial charge in [0.2, 0.25) is 5.91 Å². The van der Waals surface area contributed by atoms with Crippen LogP contribution in [0.4, 0.5) is 0 Å². The van der Waals surface area contributed by atoms with E-state index in [4.69, 9.17) is 34.8 Å². The highest BCUT2D eigenvalue weighted by Crippen LogP contribution is 2.36. The van der Waals surface area contributed by atoms with Crippen molar-refractivity contribution in [2.24, 2.45) is 0 Å². The average molecular weight is 365 g/mol. The zero-order valence-electron chi connectivity index (χ0n) is 10.9. The molecular formula is C13H12Cl3N3OS. The van der Waals surface area contributed by atoms with Gasteiger partial charge in [-0.2, -0.15) is 0 Å². The normalized spacial score (nSPS) is 10.6.